The number of aliphatic carboxylic acids is 2. The van der Waals surface area contributed by atoms with Crippen LogP contribution in [0.2, 0.25) is 0 Å². The quantitative estimate of drug-likeness (QED) is 0.625. The van der Waals surface area contributed by atoms with Gasteiger partial charge in [0.1, 0.15) is 29.7 Å². The highest BCUT2D eigenvalue weighted by molar-refractivity contribution is 6.40. The molecule has 1 atom stereocenters. The summed E-state index contributed by atoms with van der Waals surface area (Å²) in [5.74, 6) is -3.73. The first kappa shape index (κ1) is 19.1. The zero-order chi connectivity index (χ0) is 19.1. The fourth-order valence-electron chi connectivity index (χ4n) is 2.18. The van der Waals surface area contributed by atoms with Crippen molar-refractivity contribution in [1.29, 1.82) is 0 Å². The van der Waals surface area contributed by atoms with Gasteiger partial charge in [-0.1, -0.05) is 36.4 Å². The summed E-state index contributed by atoms with van der Waals surface area (Å²) in [6.07, 6.45) is 0. The van der Waals surface area contributed by atoms with E-state index in [0.717, 1.165) is 5.56 Å². The van der Waals surface area contributed by atoms with Crippen LogP contribution in [0.15, 0.2) is 53.5 Å². The molecule has 7 nitrogen and oxygen atoms in total. The molecule has 0 spiro atoms. The Morgan fingerprint density at radius 3 is 2.35 bits per heavy atom. The minimum atomic E-state index is -1.43. The number of benzene rings is 2. The number of carboxylic acid groups (broad SMARTS) is 2. The molecule has 0 bridgehead atoms. The van der Waals surface area contributed by atoms with E-state index >= 15 is 0 Å². The fourth-order valence-corrected chi connectivity index (χ4v) is 2.18. The molecular weight excluding hydrogens is 338 g/mol. The van der Waals surface area contributed by atoms with Gasteiger partial charge in [0, 0.05) is 0 Å². The Kier molecular flexibility index (Phi) is 6.46. The molecule has 0 aliphatic heterocycles. The third-order valence-electron chi connectivity index (χ3n) is 3.68. The number of rotatable bonds is 8. The molecule has 26 heavy (non-hydrogen) atoms. The van der Waals surface area contributed by atoms with Gasteiger partial charge in [0.15, 0.2) is 0 Å². The van der Waals surface area contributed by atoms with Crippen LogP contribution in [0.4, 0.5) is 5.69 Å². The molecule has 0 amide bonds. The number of aliphatic hydroxyl groups is 1. The summed E-state index contributed by atoms with van der Waals surface area (Å²) in [6.45, 7) is 1.22. The summed E-state index contributed by atoms with van der Waals surface area (Å²) in [5, 5.41) is 27.7. The van der Waals surface area contributed by atoms with Crippen molar-refractivity contribution >= 4 is 23.3 Å². The Balaban J connectivity index is 2.39. The predicted octanol–water partition coefficient (Wildman–Crippen LogP) is 2.64. The number of hydrogen-bond donors (Lipinski definition) is 3. The molecule has 2 rings (SSSR count). The highest BCUT2D eigenvalue weighted by atomic mass is 16.5. The predicted molar refractivity (Wildman–Crippen MR) is 94.7 cm³/mol. The SMILES string of the molecule is CC(C(=O)O)C(=Nc1cc(CO)ccc1OCc1ccccc1)C(=O)O. The third-order valence-corrected chi connectivity index (χ3v) is 3.68. The average molecular weight is 357 g/mol. The lowest BCUT2D eigenvalue weighted by molar-refractivity contribution is -0.140. The van der Waals surface area contributed by atoms with Gasteiger partial charge in [0.05, 0.1) is 6.61 Å². The molecule has 3 N–H and O–H groups in total. The van der Waals surface area contributed by atoms with Crippen LogP contribution in [-0.4, -0.2) is 33.0 Å². The van der Waals surface area contributed by atoms with Gasteiger partial charge in [-0.05, 0) is 30.2 Å². The van der Waals surface area contributed by atoms with Gasteiger partial charge >= 0.3 is 11.9 Å². The second-order valence-electron chi connectivity index (χ2n) is 5.60. The van der Waals surface area contributed by atoms with Crippen molar-refractivity contribution in [3.63, 3.8) is 0 Å². The molecule has 1 unspecified atom stereocenters. The van der Waals surface area contributed by atoms with Crippen molar-refractivity contribution in [1.82, 2.24) is 0 Å². The summed E-state index contributed by atoms with van der Waals surface area (Å²) < 4.78 is 5.71. The minimum absolute atomic E-state index is 0.151. The van der Waals surface area contributed by atoms with Gasteiger partial charge in [-0.2, -0.15) is 0 Å². The van der Waals surface area contributed by atoms with E-state index in [4.69, 9.17) is 9.84 Å². The van der Waals surface area contributed by atoms with E-state index in [1.165, 1.54) is 13.0 Å². The van der Waals surface area contributed by atoms with E-state index in [1.54, 1.807) is 12.1 Å². The number of ether oxygens (including phenoxy) is 1. The summed E-state index contributed by atoms with van der Waals surface area (Å²) in [7, 11) is 0. The van der Waals surface area contributed by atoms with Crippen molar-refractivity contribution in [2.24, 2.45) is 10.9 Å². The van der Waals surface area contributed by atoms with Crippen molar-refractivity contribution in [3.05, 3.63) is 59.7 Å². The lowest BCUT2D eigenvalue weighted by Crippen LogP contribution is -2.27. The number of aliphatic imine (C=N–C) groups is 1. The summed E-state index contributed by atoms with van der Waals surface area (Å²) in [4.78, 5) is 26.5. The maximum atomic E-state index is 11.4. The van der Waals surface area contributed by atoms with Crippen molar-refractivity contribution in [2.75, 3.05) is 0 Å². The van der Waals surface area contributed by atoms with E-state index in [0.29, 0.717) is 11.3 Å². The molecule has 0 saturated carbocycles. The first-order valence-corrected chi connectivity index (χ1v) is 7.87. The maximum absolute atomic E-state index is 11.4. The highest BCUT2D eigenvalue weighted by Gasteiger charge is 2.25. The molecule has 7 heteroatoms. The number of carboxylic acids is 2. The van der Waals surface area contributed by atoms with Gasteiger partial charge in [-0.25, -0.2) is 9.79 Å². The van der Waals surface area contributed by atoms with Crippen molar-refractivity contribution in [3.8, 4) is 5.75 Å². The van der Waals surface area contributed by atoms with E-state index in [1.807, 2.05) is 30.3 Å². The van der Waals surface area contributed by atoms with Gasteiger partial charge in [0.2, 0.25) is 0 Å². The van der Waals surface area contributed by atoms with Crippen LogP contribution in [0, 0.1) is 5.92 Å². The molecule has 0 heterocycles. The zero-order valence-electron chi connectivity index (χ0n) is 14.1. The lowest BCUT2D eigenvalue weighted by Gasteiger charge is -2.12. The van der Waals surface area contributed by atoms with Crippen LogP contribution in [-0.2, 0) is 22.8 Å². The number of carbonyl (C=O) groups is 2. The van der Waals surface area contributed by atoms with Crippen LogP contribution in [0.5, 0.6) is 5.75 Å². The van der Waals surface area contributed by atoms with Crippen LogP contribution >= 0.6 is 0 Å². The van der Waals surface area contributed by atoms with E-state index < -0.39 is 23.6 Å². The van der Waals surface area contributed by atoms with Gasteiger partial charge in [-0.15, -0.1) is 0 Å². The van der Waals surface area contributed by atoms with Crippen molar-refractivity contribution < 1.29 is 29.6 Å². The van der Waals surface area contributed by atoms with Crippen molar-refractivity contribution in [2.45, 2.75) is 20.1 Å². The first-order chi connectivity index (χ1) is 12.4. The summed E-state index contributed by atoms with van der Waals surface area (Å²) in [6, 6.07) is 14.0. The minimum Gasteiger partial charge on any atom is -0.487 e. The second-order valence-corrected chi connectivity index (χ2v) is 5.60. The lowest BCUT2D eigenvalue weighted by atomic mass is 10.1. The number of nitrogens with zero attached hydrogens (tertiary/aromatic N) is 1. The van der Waals surface area contributed by atoms with E-state index in [-0.39, 0.29) is 18.9 Å². The average Bonchev–Trinajstić information content (AvgIpc) is 2.64. The molecule has 2 aromatic rings. The Morgan fingerprint density at radius 1 is 1.08 bits per heavy atom. The molecule has 0 aliphatic carbocycles. The van der Waals surface area contributed by atoms with Gasteiger partial charge < -0.3 is 20.1 Å². The molecular formula is C19H19NO6. The van der Waals surface area contributed by atoms with Crippen LogP contribution in [0.25, 0.3) is 0 Å². The van der Waals surface area contributed by atoms with Crippen LogP contribution in [0.3, 0.4) is 0 Å². The summed E-state index contributed by atoms with van der Waals surface area (Å²) in [5.41, 5.74) is 1.05. The highest BCUT2D eigenvalue weighted by Crippen LogP contribution is 2.30. The summed E-state index contributed by atoms with van der Waals surface area (Å²) >= 11 is 0. The molecule has 0 aromatic heterocycles. The molecule has 2 aromatic carbocycles. The first-order valence-electron chi connectivity index (χ1n) is 7.87. The molecule has 0 aliphatic rings. The largest absolute Gasteiger partial charge is 0.487 e. The monoisotopic (exact) mass is 357 g/mol. The van der Waals surface area contributed by atoms with Gasteiger partial charge in [0.25, 0.3) is 0 Å². The zero-order valence-corrected chi connectivity index (χ0v) is 14.1. The van der Waals surface area contributed by atoms with Crippen LogP contribution in [0.1, 0.15) is 18.1 Å². The smallest absolute Gasteiger partial charge is 0.351 e. The van der Waals surface area contributed by atoms with Crippen LogP contribution < -0.4 is 4.74 Å². The van der Waals surface area contributed by atoms with E-state index in [2.05, 4.69) is 4.99 Å². The maximum Gasteiger partial charge on any atom is 0.351 e. The molecule has 0 radical (unpaired) electrons. The standard InChI is InChI=1S/C19H19NO6/c1-12(18(22)23)17(19(24)25)20-15-9-14(10-21)7-8-16(15)26-11-13-5-3-2-4-6-13/h2-9,12,21H,10-11H2,1H3,(H,22,23)(H,24,25). The Morgan fingerprint density at radius 2 is 1.77 bits per heavy atom. The molecule has 0 saturated heterocycles. The Labute approximate surface area is 150 Å². The fraction of sp³-hybridized carbons (Fsp3) is 0.211. The molecule has 0 fully saturated rings. The normalized spacial score (nSPS) is 12.5. The second kappa shape index (κ2) is 8.77. The number of aliphatic hydroxyl groups excluding tert-OH is 1. The third kappa shape index (κ3) is 4.90. The number of hydrogen-bond acceptors (Lipinski definition) is 5. The van der Waals surface area contributed by atoms with Gasteiger partial charge in [-0.3, -0.25) is 4.79 Å². The Bertz CT molecular complexity index is 816. The van der Waals surface area contributed by atoms with E-state index in [9.17, 15) is 19.8 Å². The molecule has 136 valence electrons. The Hall–Kier alpha value is -3.19. The topological polar surface area (TPSA) is 116 Å².